The van der Waals surface area contributed by atoms with Crippen molar-refractivity contribution in [1.82, 2.24) is 0 Å². The van der Waals surface area contributed by atoms with Gasteiger partial charge in [-0.1, -0.05) is 67.6 Å². The quantitative estimate of drug-likeness (QED) is 0.745. The Morgan fingerprint density at radius 3 is 1.89 bits per heavy atom. The first-order chi connectivity index (χ1) is 8.83. The Balaban J connectivity index is 2.28. The minimum absolute atomic E-state index is 0.124. The van der Waals surface area contributed by atoms with Gasteiger partial charge >= 0.3 is 0 Å². The van der Waals surface area contributed by atoms with Crippen molar-refractivity contribution in [1.29, 1.82) is 0 Å². The fraction of sp³-hybridized carbons (Fsp3) is 0.188. The SMILES string of the molecule is C[C@H](c1ccccc1)[C@H](OC=O)c1ccccc1. The lowest BCUT2D eigenvalue weighted by Gasteiger charge is -2.23. The Morgan fingerprint density at radius 1 is 0.889 bits per heavy atom. The number of hydrogen-bond acceptors (Lipinski definition) is 2. The number of carbonyl (C=O) groups excluding carboxylic acids is 1. The van der Waals surface area contributed by atoms with Crippen LogP contribution in [-0.2, 0) is 9.53 Å². The largest absolute Gasteiger partial charge is 0.459 e. The summed E-state index contributed by atoms with van der Waals surface area (Å²) in [7, 11) is 0. The van der Waals surface area contributed by atoms with Crippen LogP contribution in [0.25, 0.3) is 0 Å². The first-order valence-electron chi connectivity index (χ1n) is 6.02. The predicted octanol–water partition coefficient (Wildman–Crippen LogP) is 3.70. The molecule has 0 heterocycles. The third-order valence-electron chi connectivity index (χ3n) is 3.11. The van der Waals surface area contributed by atoms with Crippen LogP contribution in [0.15, 0.2) is 60.7 Å². The van der Waals surface area contributed by atoms with Gasteiger partial charge in [0, 0.05) is 5.92 Å². The fourth-order valence-electron chi connectivity index (χ4n) is 2.12. The molecular weight excluding hydrogens is 224 g/mol. The lowest BCUT2D eigenvalue weighted by atomic mass is 9.91. The van der Waals surface area contributed by atoms with E-state index in [1.54, 1.807) is 0 Å². The molecule has 92 valence electrons. The standard InChI is InChI=1S/C16H16O2/c1-13(14-8-4-2-5-9-14)16(18-12-17)15-10-6-3-7-11-15/h2-13,16H,1H3/t13-,16+/m1/s1. The summed E-state index contributed by atoms with van der Waals surface area (Å²) in [4.78, 5) is 10.7. The maximum atomic E-state index is 10.7. The van der Waals surface area contributed by atoms with Crippen LogP contribution in [-0.4, -0.2) is 6.47 Å². The van der Waals surface area contributed by atoms with Gasteiger partial charge in [-0.2, -0.15) is 0 Å². The molecule has 0 bridgehead atoms. The zero-order chi connectivity index (χ0) is 12.8. The third kappa shape index (κ3) is 2.77. The Morgan fingerprint density at radius 2 is 1.39 bits per heavy atom. The number of hydrogen-bond donors (Lipinski definition) is 0. The molecule has 0 unspecified atom stereocenters. The van der Waals surface area contributed by atoms with E-state index in [9.17, 15) is 4.79 Å². The second kappa shape index (κ2) is 6.01. The van der Waals surface area contributed by atoms with Crippen molar-refractivity contribution in [2.75, 3.05) is 0 Å². The minimum atomic E-state index is -0.244. The zero-order valence-corrected chi connectivity index (χ0v) is 10.3. The molecule has 0 radical (unpaired) electrons. The first kappa shape index (κ1) is 12.4. The summed E-state index contributed by atoms with van der Waals surface area (Å²) in [6.07, 6.45) is -0.244. The Labute approximate surface area is 107 Å². The van der Waals surface area contributed by atoms with Gasteiger partial charge in [-0.3, -0.25) is 4.79 Å². The molecule has 2 aromatic carbocycles. The smallest absolute Gasteiger partial charge is 0.293 e. The monoisotopic (exact) mass is 240 g/mol. The molecule has 2 nitrogen and oxygen atoms in total. The summed E-state index contributed by atoms with van der Waals surface area (Å²) in [5.74, 6) is 0.124. The van der Waals surface area contributed by atoms with Crippen molar-refractivity contribution in [3.8, 4) is 0 Å². The van der Waals surface area contributed by atoms with E-state index < -0.39 is 0 Å². The Hall–Kier alpha value is -2.09. The second-order valence-corrected chi connectivity index (χ2v) is 4.26. The summed E-state index contributed by atoms with van der Waals surface area (Å²) < 4.78 is 5.26. The average molecular weight is 240 g/mol. The normalized spacial score (nSPS) is 13.6. The molecule has 0 aliphatic heterocycles. The lowest BCUT2D eigenvalue weighted by Crippen LogP contribution is -2.11. The molecule has 0 saturated heterocycles. The van der Waals surface area contributed by atoms with Gasteiger partial charge < -0.3 is 4.74 Å². The number of carbonyl (C=O) groups is 1. The van der Waals surface area contributed by atoms with Crippen molar-refractivity contribution < 1.29 is 9.53 Å². The van der Waals surface area contributed by atoms with Gasteiger partial charge in [-0.15, -0.1) is 0 Å². The highest BCUT2D eigenvalue weighted by atomic mass is 16.5. The molecule has 0 N–H and O–H groups in total. The fourth-order valence-corrected chi connectivity index (χ4v) is 2.12. The number of rotatable bonds is 5. The molecule has 2 rings (SSSR count). The summed E-state index contributed by atoms with van der Waals surface area (Å²) in [6, 6.07) is 19.9. The molecule has 0 fully saturated rings. The second-order valence-electron chi connectivity index (χ2n) is 4.26. The molecule has 2 atom stereocenters. The van der Waals surface area contributed by atoms with Gasteiger partial charge in [0.15, 0.2) is 0 Å². The molecule has 2 aromatic rings. The van der Waals surface area contributed by atoms with Crippen molar-refractivity contribution in [3.63, 3.8) is 0 Å². The minimum Gasteiger partial charge on any atom is -0.459 e. The lowest BCUT2D eigenvalue weighted by molar-refractivity contribution is -0.134. The highest BCUT2D eigenvalue weighted by Crippen LogP contribution is 2.32. The molecule has 0 amide bonds. The van der Waals surface area contributed by atoms with Crippen molar-refractivity contribution in [2.24, 2.45) is 0 Å². The highest BCUT2D eigenvalue weighted by molar-refractivity contribution is 5.40. The molecule has 0 saturated carbocycles. The van der Waals surface area contributed by atoms with E-state index in [2.05, 4.69) is 19.1 Å². The number of benzene rings is 2. The van der Waals surface area contributed by atoms with Crippen LogP contribution < -0.4 is 0 Å². The molecule has 18 heavy (non-hydrogen) atoms. The van der Waals surface area contributed by atoms with Crippen LogP contribution in [0.5, 0.6) is 0 Å². The molecular formula is C16H16O2. The third-order valence-corrected chi connectivity index (χ3v) is 3.11. The van der Waals surface area contributed by atoms with E-state index in [1.165, 1.54) is 0 Å². The summed E-state index contributed by atoms with van der Waals surface area (Å²) >= 11 is 0. The van der Waals surface area contributed by atoms with E-state index in [1.807, 2.05) is 48.5 Å². The molecule has 0 aromatic heterocycles. The topological polar surface area (TPSA) is 26.3 Å². The van der Waals surface area contributed by atoms with E-state index in [0.717, 1.165) is 11.1 Å². The molecule has 0 aliphatic carbocycles. The highest BCUT2D eigenvalue weighted by Gasteiger charge is 2.21. The maximum absolute atomic E-state index is 10.7. The Kier molecular flexibility index (Phi) is 4.13. The summed E-state index contributed by atoms with van der Waals surface area (Å²) in [5, 5.41) is 0. The van der Waals surface area contributed by atoms with E-state index in [-0.39, 0.29) is 12.0 Å². The summed E-state index contributed by atoms with van der Waals surface area (Å²) in [5.41, 5.74) is 2.18. The van der Waals surface area contributed by atoms with E-state index >= 15 is 0 Å². The van der Waals surface area contributed by atoms with Crippen LogP contribution in [0.1, 0.15) is 30.1 Å². The van der Waals surface area contributed by atoms with Gasteiger partial charge in [-0.05, 0) is 11.1 Å². The van der Waals surface area contributed by atoms with E-state index in [4.69, 9.17) is 4.74 Å². The van der Waals surface area contributed by atoms with Crippen LogP contribution in [0.2, 0.25) is 0 Å². The number of ether oxygens (including phenoxy) is 1. The van der Waals surface area contributed by atoms with Crippen LogP contribution in [0.4, 0.5) is 0 Å². The van der Waals surface area contributed by atoms with Gasteiger partial charge in [0.25, 0.3) is 6.47 Å². The van der Waals surface area contributed by atoms with Gasteiger partial charge in [0.05, 0.1) is 0 Å². The van der Waals surface area contributed by atoms with Crippen LogP contribution in [0, 0.1) is 0 Å². The van der Waals surface area contributed by atoms with Crippen molar-refractivity contribution in [2.45, 2.75) is 18.9 Å². The molecule has 0 spiro atoms. The van der Waals surface area contributed by atoms with Crippen LogP contribution in [0.3, 0.4) is 0 Å². The average Bonchev–Trinajstić information content (AvgIpc) is 2.46. The van der Waals surface area contributed by atoms with Crippen molar-refractivity contribution in [3.05, 3.63) is 71.8 Å². The van der Waals surface area contributed by atoms with Crippen molar-refractivity contribution >= 4 is 6.47 Å². The van der Waals surface area contributed by atoms with Gasteiger partial charge in [-0.25, -0.2) is 0 Å². The van der Waals surface area contributed by atoms with Gasteiger partial charge in [0.2, 0.25) is 0 Å². The Bertz CT molecular complexity index is 479. The van der Waals surface area contributed by atoms with Gasteiger partial charge in [0.1, 0.15) is 6.10 Å². The molecule has 0 aliphatic rings. The molecule has 2 heteroatoms. The summed E-state index contributed by atoms with van der Waals surface area (Å²) in [6.45, 7) is 2.59. The zero-order valence-electron chi connectivity index (χ0n) is 10.3. The van der Waals surface area contributed by atoms with Crippen LogP contribution >= 0.6 is 0 Å². The first-order valence-corrected chi connectivity index (χ1v) is 6.02. The maximum Gasteiger partial charge on any atom is 0.293 e. The van der Waals surface area contributed by atoms with E-state index in [0.29, 0.717) is 6.47 Å². The predicted molar refractivity (Wildman–Crippen MR) is 71.2 cm³/mol.